The first-order valence-electron chi connectivity index (χ1n) is 13.0. The molecule has 0 radical (unpaired) electrons. The first kappa shape index (κ1) is 27.1. The Hall–Kier alpha value is -2.97. The highest BCUT2D eigenvalue weighted by molar-refractivity contribution is 7.14. The number of carbonyl (C=O) groups excluding carboxylic acids is 1. The summed E-state index contributed by atoms with van der Waals surface area (Å²) in [5.74, 6) is 0.836. The highest BCUT2D eigenvalue weighted by atomic mass is 32.1. The molecule has 1 atom stereocenters. The Morgan fingerprint density at radius 2 is 1.86 bits per heavy atom. The Kier molecular flexibility index (Phi) is 8.82. The molecule has 1 aliphatic rings. The highest BCUT2D eigenvalue weighted by Crippen LogP contribution is 2.33. The van der Waals surface area contributed by atoms with Crippen molar-refractivity contribution in [2.75, 3.05) is 13.2 Å². The fourth-order valence-electron chi connectivity index (χ4n) is 4.59. The number of aromatic nitrogens is 2. The van der Waals surface area contributed by atoms with Crippen LogP contribution in [0.1, 0.15) is 61.7 Å². The summed E-state index contributed by atoms with van der Waals surface area (Å²) in [7, 11) is 0. The van der Waals surface area contributed by atoms with Crippen LogP contribution in [0.4, 0.5) is 4.79 Å². The lowest BCUT2D eigenvalue weighted by Gasteiger charge is -2.28. The Bertz CT molecular complexity index is 1170. The van der Waals surface area contributed by atoms with E-state index in [0.717, 1.165) is 50.9 Å². The number of rotatable bonds is 10. The third kappa shape index (κ3) is 6.87. The van der Waals surface area contributed by atoms with E-state index in [4.69, 9.17) is 14.2 Å². The second-order valence-electron chi connectivity index (χ2n) is 10.0. The predicted molar refractivity (Wildman–Crippen MR) is 146 cm³/mol. The molecule has 0 aliphatic carbocycles. The standard InChI is InChI=1S/C29H37N3O4S/c1-6-7-9-14-25-30-31-27(37-25)23-15-20(2)26(21(3)16-23)34-19-24-17-32(29(4,5)36-24)28(33)35-18-22-12-10-8-11-13-22/h8,10-13,15-16,24H,6-7,9,14,17-19H2,1-5H3. The molecule has 198 valence electrons. The number of ether oxygens (including phenoxy) is 3. The molecule has 2 aromatic carbocycles. The normalized spacial score (nSPS) is 16.7. The zero-order chi connectivity index (χ0) is 26.4. The first-order chi connectivity index (χ1) is 17.8. The molecule has 1 saturated heterocycles. The Morgan fingerprint density at radius 1 is 1.14 bits per heavy atom. The van der Waals surface area contributed by atoms with Crippen LogP contribution in [0.2, 0.25) is 0 Å². The van der Waals surface area contributed by atoms with Crippen LogP contribution in [0.5, 0.6) is 5.75 Å². The number of hydrogen-bond acceptors (Lipinski definition) is 7. The minimum absolute atomic E-state index is 0.229. The van der Waals surface area contributed by atoms with Gasteiger partial charge in [-0.1, -0.05) is 61.4 Å². The van der Waals surface area contributed by atoms with E-state index in [1.54, 1.807) is 16.2 Å². The molecular weight excluding hydrogens is 486 g/mol. The number of nitrogens with zero attached hydrogens (tertiary/aromatic N) is 3. The molecule has 1 fully saturated rings. The van der Waals surface area contributed by atoms with E-state index in [-0.39, 0.29) is 18.8 Å². The molecule has 1 unspecified atom stereocenters. The Balaban J connectivity index is 1.35. The van der Waals surface area contributed by atoms with Gasteiger partial charge in [-0.25, -0.2) is 4.79 Å². The fraction of sp³-hybridized carbons (Fsp3) is 0.483. The van der Waals surface area contributed by atoms with Crippen molar-refractivity contribution in [3.05, 3.63) is 64.2 Å². The number of carbonyl (C=O) groups is 1. The quantitative estimate of drug-likeness (QED) is 0.275. The molecule has 0 bridgehead atoms. The lowest BCUT2D eigenvalue weighted by atomic mass is 10.1. The number of benzene rings is 2. The van der Waals surface area contributed by atoms with Crippen LogP contribution in [0, 0.1) is 13.8 Å². The van der Waals surface area contributed by atoms with Gasteiger partial charge in [-0.15, -0.1) is 10.2 Å². The summed E-state index contributed by atoms with van der Waals surface area (Å²) in [5.41, 5.74) is 3.31. The van der Waals surface area contributed by atoms with Gasteiger partial charge in [0.25, 0.3) is 0 Å². The van der Waals surface area contributed by atoms with Gasteiger partial charge in [0.2, 0.25) is 0 Å². The summed E-state index contributed by atoms with van der Waals surface area (Å²) in [6.45, 7) is 11.0. The van der Waals surface area contributed by atoms with E-state index in [9.17, 15) is 4.79 Å². The van der Waals surface area contributed by atoms with Crippen molar-refractivity contribution in [2.45, 2.75) is 78.7 Å². The second kappa shape index (κ2) is 12.0. The number of unbranched alkanes of at least 4 members (excludes halogenated alkanes) is 2. The largest absolute Gasteiger partial charge is 0.490 e. The number of aryl methyl sites for hydroxylation is 3. The average molecular weight is 524 g/mol. The average Bonchev–Trinajstić information content (AvgIpc) is 3.46. The van der Waals surface area contributed by atoms with Crippen LogP contribution in [-0.4, -0.2) is 46.2 Å². The van der Waals surface area contributed by atoms with Crippen molar-refractivity contribution in [3.8, 4) is 16.3 Å². The third-order valence-corrected chi connectivity index (χ3v) is 7.53. The van der Waals surface area contributed by atoms with E-state index in [2.05, 4.69) is 29.3 Å². The van der Waals surface area contributed by atoms with Crippen molar-refractivity contribution >= 4 is 17.4 Å². The minimum atomic E-state index is -0.775. The molecule has 1 aromatic heterocycles. The summed E-state index contributed by atoms with van der Waals surface area (Å²) < 4.78 is 17.9. The van der Waals surface area contributed by atoms with Crippen LogP contribution in [0.15, 0.2) is 42.5 Å². The van der Waals surface area contributed by atoms with Gasteiger partial charge < -0.3 is 14.2 Å². The maximum absolute atomic E-state index is 12.8. The van der Waals surface area contributed by atoms with Gasteiger partial charge in [-0.05, 0) is 62.9 Å². The second-order valence-corrected chi connectivity index (χ2v) is 11.1. The van der Waals surface area contributed by atoms with E-state index in [0.29, 0.717) is 13.2 Å². The summed E-state index contributed by atoms with van der Waals surface area (Å²) in [6.07, 6.45) is 3.90. The van der Waals surface area contributed by atoms with Gasteiger partial charge >= 0.3 is 6.09 Å². The molecule has 2 heterocycles. The molecule has 37 heavy (non-hydrogen) atoms. The monoisotopic (exact) mass is 523 g/mol. The van der Waals surface area contributed by atoms with Gasteiger partial charge in [-0.2, -0.15) is 0 Å². The Morgan fingerprint density at radius 3 is 2.57 bits per heavy atom. The van der Waals surface area contributed by atoms with E-state index in [1.807, 2.05) is 58.0 Å². The zero-order valence-corrected chi connectivity index (χ0v) is 23.3. The van der Waals surface area contributed by atoms with Gasteiger partial charge in [0.1, 0.15) is 40.8 Å². The molecule has 0 spiro atoms. The van der Waals surface area contributed by atoms with Crippen molar-refractivity contribution < 1.29 is 19.0 Å². The molecule has 4 rings (SSSR count). The van der Waals surface area contributed by atoms with E-state index >= 15 is 0 Å². The number of amides is 1. The fourth-order valence-corrected chi connectivity index (χ4v) is 5.45. The van der Waals surface area contributed by atoms with Crippen molar-refractivity contribution in [3.63, 3.8) is 0 Å². The van der Waals surface area contributed by atoms with Crippen LogP contribution in [0.25, 0.3) is 10.6 Å². The van der Waals surface area contributed by atoms with E-state index in [1.165, 1.54) is 12.8 Å². The molecule has 0 N–H and O–H groups in total. The van der Waals surface area contributed by atoms with Crippen molar-refractivity contribution in [2.24, 2.45) is 0 Å². The molecule has 8 heteroatoms. The molecule has 7 nitrogen and oxygen atoms in total. The summed E-state index contributed by atoms with van der Waals surface area (Å²) in [6, 6.07) is 13.9. The van der Waals surface area contributed by atoms with Gasteiger partial charge in [0.05, 0.1) is 6.54 Å². The topological polar surface area (TPSA) is 73.8 Å². The zero-order valence-electron chi connectivity index (χ0n) is 22.5. The maximum Gasteiger partial charge on any atom is 0.412 e. The molecule has 0 saturated carbocycles. The molecule has 1 aliphatic heterocycles. The van der Waals surface area contributed by atoms with Crippen molar-refractivity contribution in [1.82, 2.24) is 15.1 Å². The first-order valence-corrected chi connectivity index (χ1v) is 13.8. The van der Waals surface area contributed by atoms with E-state index < -0.39 is 5.72 Å². The lowest BCUT2D eigenvalue weighted by molar-refractivity contribution is -0.0782. The van der Waals surface area contributed by atoms with Crippen LogP contribution in [0.3, 0.4) is 0 Å². The summed E-state index contributed by atoms with van der Waals surface area (Å²) in [4.78, 5) is 14.4. The Labute approximate surface area is 223 Å². The molecular formula is C29H37N3O4S. The van der Waals surface area contributed by atoms with Gasteiger partial charge in [0, 0.05) is 12.0 Å². The SMILES string of the molecule is CCCCCc1nnc(-c2cc(C)c(OCC3CN(C(=O)OCc4ccccc4)C(C)(C)O3)c(C)c2)s1. The maximum atomic E-state index is 12.8. The third-order valence-electron chi connectivity index (χ3n) is 6.50. The van der Waals surface area contributed by atoms with Crippen molar-refractivity contribution in [1.29, 1.82) is 0 Å². The summed E-state index contributed by atoms with van der Waals surface area (Å²) >= 11 is 1.67. The lowest BCUT2D eigenvalue weighted by Crippen LogP contribution is -2.43. The molecule has 3 aromatic rings. The van der Waals surface area contributed by atoms with Crippen LogP contribution >= 0.6 is 11.3 Å². The predicted octanol–water partition coefficient (Wildman–Crippen LogP) is 6.71. The number of hydrogen-bond donors (Lipinski definition) is 0. The highest BCUT2D eigenvalue weighted by Gasteiger charge is 2.43. The van der Waals surface area contributed by atoms with Gasteiger partial charge in [-0.3, -0.25) is 4.90 Å². The van der Waals surface area contributed by atoms with Gasteiger partial charge in [0.15, 0.2) is 0 Å². The molecule has 1 amide bonds. The smallest absolute Gasteiger partial charge is 0.412 e. The minimum Gasteiger partial charge on any atom is -0.490 e. The summed E-state index contributed by atoms with van der Waals surface area (Å²) in [5, 5.41) is 10.8. The van der Waals surface area contributed by atoms with Crippen LogP contribution in [-0.2, 0) is 22.5 Å². The van der Waals surface area contributed by atoms with Crippen LogP contribution < -0.4 is 4.74 Å².